The maximum absolute atomic E-state index is 13.3. The van der Waals surface area contributed by atoms with Gasteiger partial charge in [0.25, 0.3) is 5.89 Å². The van der Waals surface area contributed by atoms with Crippen molar-refractivity contribution in [2.24, 2.45) is 5.92 Å². The van der Waals surface area contributed by atoms with E-state index in [9.17, 15) is 9.59 Å². The second-order valence-corrected chi connectivity index (χ2v) is 8.82. The summed E-state index contributed by atoms with van der Waals surface area (Å²) in [6.07, 6.45) is 2.46. The Hall–Kier alpha value is -3.39. The van der Waals surface area contributed by atoms with E-state index in [-0.39, 0.29) is 24.8 Å². The van der Waals surface area contributed by atoms with Crippen LogP contribution >= 0.6 is 11.6 Å². The van der Waals surface area contributed by atoms with E-state index in [1.54, 1.807) is 36.3 Å². The van der Waals surface area contributed by atoms with Gasteiger partial charge in [0, 0.05) is 29.1 Å². The standard InChI is InChI=1S/C26H28ClN3O5/c1-3-4-15-30-23(31)14-13-20(24(30)19-7-5-6-8-21(19)33-2)26(32)34-16-22-28-29-25(35-22)17-9-11-18(27)12-10-17/h5-12,20,24H,3-4,13-16H2,1-2H3. The number of carbonyl (C=O) groups is 2. The third kappa shape index (κ3) is 5.65. The highest BCUT2D eigenvalue weighted by Crippen LogP contribution is 2.41. The molecular weight excluding hydrogens is 470 g/mol. The summed E-state index contributed by atoms with van der Waals surface area (Å²) in [5.74, 6) is 0.208. The number of methoxy groups -OCH3 is 1. The Morgan fingerprint density at radius 2 is 1.94 bits per heavy atom. The number of unbranched alkanes of at least 4 members (excludes halogenated alkanes) is 1. The number of aromatic nitrogens is 2. The number of para-hydroxylation sites is 1. The lowest BCUT2D eigenvalue weighted by Crippen LogP contribution is -2.46. The molecular formula is C26H28ClN3O5. The molecule has 1 amide bonds. The molecule has 1 fully saturated rings. The SMILES string of the molecule is CCCCN1C(=O)CCC(C(=O)OCc2nnc(-c3ccc(Cl)cc3)o2)C1c1ccccc1OC. The molecule has 184 valence electrons. The Bertz CT molecular complexity index is 1160. The molecule has 1 aliphatic rings. The van der Waals surface area contributed by atoms with E-state index in [4.69, 9.17) is 25.5 Å². The van der Waals surface area contributed by atoms with Gasteiger partial charge in [0.1, 0.15) is 5.75 Å². The lowest BCUT2D eigenvalue weighted by atomic mass is 9.83. The monoisotopic (exact) mass is 497 g/mol. The van der Waals surface area contributed by atoms with E-state index in [1.807, 2.05) is 24.3 Å². The summed E-state index contributed by atoms with van der Waals surface area (Å²) in [4.78, 5) is 28.0. The zero-order valence-electron chi connectivity index (χ0n) is 19.8. The molecule has 0 saturated carbocycles. The van der Waals surface area contributed by atoms with Crippen LogP contribution < -0.4 is 4.74 Å². The van der Waals surface area contributed by atoms with Crippen LogP contribution in [0.1, 0.15) is 50.1 Å². The Morgan fingerprint density at radius 3 is 2.69 bits per heavy atom. The topological polar surface area (TPSA) is 94.8 Å². The van der Waals surface area contributed by atoms with Crippen LogP contribution in [0.15, 0.2) is 52.9 Å². The fourth-order valence-corrected chi connectivity index (χ4v) is 4.47. The first kappa shape index (κ1) is 24.7. The van der Waals surface area contributed by atoms with Gasteiger partial charge in [0.15, 0.2) is 6.61 Å². The number of amides is 1. The molecule has 8 nitrogen and oxygen atoms in total. The van der Waals surface area contributed by atoms with Crippen LogP contribution in [-0.4, -0.2) is 40.6 Å². The molecule has 0 aliphatic carbocycles. The number of nitrogens with zero attached hydrogens (tertiary/aromatic N) is 3. The number of ether oxygens (including phenoxy) is 2. The molecule has 4 rings (SSSR count). The number of halogens is 1. The van der Waals surface area contributed by atoms with E-state index in [0.29, 0.717) is 35.2 Å². The summed E-state index contributed by atoms with van der Waals surface area (Å²) in [6, 6.07) is 14.0. The first-order valence-corrected chi connectivity index (χ1v) is 12.1. The quantitative estimate of drug-likeness (QED) is 0.374. The average Bonchev–Trinajstić information content (AvgIpc) is 3.36. The highest BCUT2D eigenvalue weighted by atomic mass is 35.5. The van der Waals surface area contributed by atoms with Crippen LogP contribution in [-0.2, 0) is 20.9 Å². The van der Waals surface area contributed by atoms with Crippen molar-refractivity contribution in [1.82, 2.24) is 15.1 Å². The van der Waals surface area contributed by atoms with Crippen molar-refractivity contribution in [3.63, 3.8) is 0 Å². The third-order valence-corrected chi connectivity index (χ3v) is 6.37. The summed E-state index contributed by atoms with van der Waals surface area (Å²) in [5.41, 5.74) is 1.51. The molecule has 2 atom stereocenters. The Morgan fingerprint density at radius 1 is 1.17 bits per heavy atom. The third-order valence-electron chi connectivity index (χ3n) is 6.12. The molecule has 35 heavy (non-hydrogen) atoms. The summed E-state index contributed by atoms with van der Waals surface area (Å²) in [6.45, 7) is 2.48. The number of hydrogen-bond acceptors (Lipinski definition) is 7. The normalized spacial score (nSPS) is 17.9. The molecule has 0 N–H and O–H groups in total. The van der Waals surface area contributed by atoms with E-state index < -0.39 is 17.9 Å². The first-order chi connectivity index (χ1) is 17.0. The van der Waals surface area contributed by atoms with Crippen LogP contribution in [0, 0.1) is 5.92 Å². The zero-order chi connectivity index (χ0) is 24.8. The van der Waals surface area contributed by atoms with Crippen molar-refractivity contribution in [1.29, 1.82) is 0 Å². The van der Waals surface area contributed by atoms with Crippen LogP contribution in [0.2, 0.25) is 5.02 Å². The average molecular weight is 498 g/mol. The Balaban J connectivity index is 1.53. The maximum atomic E-state index is 13.3. The van der Waals surface area contributed by atoms with Crippen molar-refractivity contribution in [2.45, 2.75) is 45.3 Å². The molecule has 1 saturated heterocycles. The predicted molar refractivity (Wildman–Crippen MR) is 130 cm³/mol. The summed E-state index contributed by atoms with van der Waals surface area (Å²) in [7, 11) is 1.58. The van der Waals surface area contributed by atoms with E-state index >= 15 is 0 Å². The molecule has 0 bridgehead atoms. The van der Waals surface area contributed by atoms with Gasteiger partial charge in [-0.15, -0.1) is 10.2 Å². The molecule has 1 aromatic heterocycles. The number of benzene rings is 2. The molecule has 9 heteroatoms. The van der Waals surface area contributed by atoms with Gasteiger partial charge in [0.05, 0.1) is 19.1 Å². The lowest BCUT2D eigenvalue weighted by Gasteiger charge is -2.40. The molecule has 0 spiro atoms. The van der Waals surface area contributed by atoms with Crippen molar-refractivity contribution in [2.75, 3.05) is 13.7 Å². The number of hydrogen-bond donors (Lipinski definition) is 0. The van der Waals surface area contributed by atoms with Gasteiger partial charge < -0.3 is 18.8 Å². The molecule has 1 aliphatic heterocycles. The lowest BCUT2D eigenvalue weighted by molar-refractivity contribution is -0.159. The van der Waals surface area contributed by atoms with Gasteiger partial charge in [0.2, 0.25) is 11.8 Å². The Kier molecular flexibility index (Phi) is 8.02. The second-order valence-electron chi connectivity index (χ2n) is 8.39. The molecule has 2 aromatic carbocycles. The number of piperidine rings is 1. The van der Waals surface area contributed by atoms with Gasteiger partial charge >= 0.3 is 5.97 Å². The summed E-state index contributed by atoms with van der Waals surface area (Å²) in [5, 5.41) is 8.62. The van der Waals surface area contributed by atoms with Crippen LogP contribution in [0.25, 0.3) is 11.5 Å². The van der Waals surface area contributed by atoms with Crippen molar-refractivity contribution >= 4 is 23.5 Å². The number of carbonyl (C=O) groups excluding carboxylic acids is 2. The first-order valence-electron chi connectivity index (χ1n) is 11.7. The fourth-order valence-electron chi connectivity index (χ4n) is 4.35. The van der Waals surface area contributed by atoms with Crippen LogP contribution in [0.3, 0.4) is 0 Å². The summed E-state index contributed by atoms with van der Waals surface area (Å²) < 4.78 is 16.8. The maximum Gasteiger partial charge on any atom is 0.311 e. The van der Waals surface area contributed by atoms with E-state index in [1.165, 1.54) is 0 Å². The van der Waals surface area contributed by atoms with Gasteiger partial charge in [-0.2, -0.15) is 0 Å². The fraction of sp³-hybridized carbons (Fsp3) is 0.385. The number of likely N-dealkylation sites (tertiary alicyclic amines) is 1. The van der Waals surface area contributed by atoms with Gasteiger partial charge in [-0.3, -0.25) is 9.59 Å². The van der Waals surface area contributed by atoms with Gasteiger partial charge in [-0.05, 0) is 43.2 Å². The minimum absolute atomic E-state index is 0.0305. The van der Waals surface area contributed by atoms with Crippen LogP contribution in [0.4, 0.5) is 0 Å². The minimum atomic E-state index is -0.542. The minimum Gasteiger partial charge on any atom is -0.496 e. The Labute approximate surface area is 209 Å². The van der Waals surface area contributed by atoms with E-state index in [0.717, 1.165) is 18.4 Å². The molecule has 3 aromatic rings. The van der Waals surface area contributed by atoms with Crippen molar-refractivity contribution < 1.29 is 23.5 Å². The van der Waals surface area contributed by atoms with E-state index in [2.05, 4.69) is 17.1 Å². The largest absolute Gasteiger partial charge is 0.496 e. The smallest absolute Gasteiger partial charge is 0.311 e. The number of esters is 1. The molecule has 2 heterocycles. The van der Waals surface area contributed by atoms with Gasteiger partial charge in [-0.25, -0.2) is 0 Å². The highest BCUT2D eigenvalue weighted by Gasteiger charge is 2.42. The second kappa shape index (κ2) is 11.4. The van der Waals surface area contributed by atoms with Crippen molar-refractivity contribution in [3.8, 4) is 17.2 Å². The van der Waals surface area contributed by atoms with Crippen LogP contribution in [0.5, 0.6) is 5.75 Å². The zero-order valence-corrected chi connectivity index (χ0v) is 20.5. The predicted octanol–water partition coefficient (Wildman–Crippen LogP) is 5.22. The van der Waals surface area contributed by atoms with Crippen molar-refractivity contribution in [3.05, 3.63) is 65.0 Å². The van der Waals surface area contributed by atoms with Gasteiger partial charge in [-0.1, -0.05) is 43.1 Å². The molecule has 0 radical (unpaired) electrons. The molecule has 2 unspecified atom stereocenters. The highest BCUT2D eigenvalue weighted by molar-refractivity contribution is 6.30. The summed E-state index contributed by atoms with van der Waals surface area (Å²) >= 11 is 5.93. The number of rotatable bonds is 9.